The quantitative estimate of drug-likeness (QED) is 0.283. The molecule has 9 heteroatoms. The first-order valence-electron chi connectivity index (χ1n) is 14.7. The molecular weight excluding hydrogens is 541 g/mol. The zero-order chi connectivity index (χ0) is 30.4. The summed E-state index contributed by atoms with van der Waals surface area (Å²) >= 11 is 1.89. The SMILES string of the molecule is CCCc1sc([Si](C)(C)C(C)(C)C)nc1C[C@H]1[C@@H](CO[Si](C)(C)C(C)(C)C)OC(C)(C)N1C(=O)OC(C)(C)C. The fraction of sp³-hybridized carbons (Fsp3) is 0.867. The Labute approximate surface area is 245 Å². The van der Waals surface area contributed by atoms with Crippen LogP contribution in [0.15, 0.2) is 0 Å². The van der Waals surface area contributed by atoms with Crippen molar-refractivity contribution in [2.45, 2.75) is 162 Å². The number of hydrogen-bond donors (Lipinski definition) is 0. The molecule has 0 aromatic carbocycles. The van der Waals surface area contributed by atoms with Crippen LogP contribution in [0.25, 0.3) is 0 Å². The van der Waals surface area contributed by atoms with Gasteiger partial charge in [0.25, 0.3) is 0 Å². The summed E-state index contributed by atoms with van der Waals surface area (Å²) in [6.45, 7) is 35.5. The smallest absolute Gasteiger partial charge is 0.412 e. The highest BCUT2D eigenvalue weighted by molar-refractivity contribution is 7.26. The van der Waals surface area contributed by atoms with Crippen molar-refractivity contribution < 1.29 is 18.7 Å². The van der Waals surface area contributed by atoms with Crippen molar-refractivity contribution in [2.75, 3.05) is 6.61 Å². The fourth-order valence-electron chi connectivity index (χ4n) is 4.36. The summed E-state index contributed by atoms with van der Waals surface area (Å²) in [5, 5.41) is 0.287. The number of amides is 1. The molecule has 0 radical (unpaired) electrons. The second-order valence-electron chi connectivity index (χ2n) is 15.8. The molecule has 1 amide bonds. The molecule has 0 aliphatic carbocycles. The number of thiazole rings is 1. The van der Waals surface area contributed by atoms with Crippen LogP contribution in [0.3, 0.4) is 0 Å². The van der Waals surface area contributed by atoms with Gasteiger partial charge >= 0.3 is 6.09 Å². The molecule has 0 spiro atoms. The van der Waals surface area contributed by atoms with E-state index in [9.17, 15) is 4.79 Å². The Kier molecular flexibility index (Phi) is 10.2. The van der Waals surface area contributed by atoms with Crippen LogP contribution >= 0.6 is 11.3 Å². The van der Waals surface area contributed by atoms with E-state index in [2.05, 4.69) is 74.7 Å². The van der Waals surface area contributed by atoms with E-state index in [4.69, 9.17) is 18.9 Å². The minimum atomic E-state index is -2.02. The summed E-state index contributed by atoms with van der Waals surface area (Å²) in [4.78, 5) is 22.2. The third-order valence-electron chi connectivity index (χ3n) is 8.85. The van der Waals surface area contributed by atoms with Crippen molar-refractivity contribution in [3.8, 4) is 0 Å². The molecule has 1 saturated heterocycles. The van der Waals surface area contributed by atoms with Crippen molar-refractivity contribution >= 4 is 38.5 Å². The number of ether oxygens (including phenoxy) is 2. The first-order valence-corrected chi connectivity index (χ1v) is 21.4. The van der Waals surface area contributed by atoms with E-state index < -0.39 is 27.7 Å². The van der Waals surface area contributed by atoms with E-state index in [1.165, 1.54) is 9.51 Å². The average molecular weight is 599 g/mol. The lowest BCUT2D eigenvalue weighted by Gasteiger charge is -2.37. The molecule has 226 valence electrons. The summed E-state index contributed by atoms with van der Waals surface area (Å²) in [5.41, 5.74) is -0.312. The Bertz CT molecular complexity index is 1000. The third kappa shape index (κ3) is 7.96. The summed E-state index contributed by atoms with van der Waals surface area (Å²) < 4.78 is 20.5. The van der Waals surface area contributed by atoms with Gasteiger partial charge < -0.3 is 13.9 Å². The predicted octanol–water partition coefficient (Wildman–Crippen LogP) is 8.12. The molecule has 1 fully saturated rings. The average Bonchev–Trinajstić information content (AvgIpc) is 3.22. The molecule has 1 aromatic heterocycles. The number of aryl methyl sites for hydroxylation is 1. The van der Waals surface area contributed by atoms with E-state index in [1.807, 2.05) is 50.9 Å². The minimum Gasteiger partial charge on any atom is -0.444 e. The number of carbonyl (C=O) groups is 1. The van der Waals surface area contributed by atoms with Gasteiger partial charge in [0, 0.05) is 11.3 Å². The first-order chi connectivity index (χ1) is 17.3. The van der Waals surface area contributed by atoms with E-state index >= 15 is 0 Å². The van der Waals surface area contributed by atoms with Crippen LogP contribution in [0.4, 0.5) is 4.79 Å². The van der Waals surface area contributed by atoms with Crippen LogP contribution in [0.1, 0.15) is 100 Å². The lowest BCUT2D eigenvalue weighted by atomic mass is 10.0. The van der Waals surface area contributed by atoms with Crippen molar-refractivity contribution in [1.82, 2.24) is 9.88 Å². The van der Waals surface area contributed by atoms with E-state index in [1.54, 1.807) is 0 Å². The van der Waals surface area contributed by atoms with Crippen molar-refractivity contribution in [3.05, 3.63) is 10.6 Å². The van der Waals surface area contributed by atoms with E-state index in [0.29, 0.717) is 13.0 Å². The lowest BCUT2D eigenvalue weighted by Crippen LogP contribution is -2.52. The molecule has 1 aromatic rings. The summed E-state index contributed by atoms with van der Waals surface area (Å²) in [5.74, 6) is 0. The third-order valence-corrected chi connectivity index (χ3v) is 21.1. The largest absolute Gasteiger partial charge is 0.444 e. The Morgan fingerprint density at radius 3 is 2.05 bits per heavy atom. The monoisotopic (exact) mass is 598 g/mol. The molecule has 0 unspecified atom stereocenters. The zero-order valence-corrected chi connectivity index (χ0v) is 30.7. The molecule has 6 nitrogen and oxygen atoms in total. The topological polar surface area (TPSA) is 60.9 Å². The number of hydrogen-bond acceptors (Lipinski definition) is 6. The van der Waals surface area contributed by atoms with Crippen LogP contribution in [0, 0.1) is 0 Å². The van der Waals surface area contributed by atoms with Gasteiger partial charge in [0.15, 0.2) is 8.32 Å². The molecule has 0 saturated carbocycles. The van der Waals surface area contributed by atoms with Crippen molar-refractivity contribution in [3.63, 3.8) is 0 Å². The van der Waals surface area contributed by atoms with Gasteiger partial charge in [-0.25, -0.2) is 4.79 Å². The van der Waals surface area contributed by atoms with Gasteiger partial charge in [-0.2, -0.15) is 0 Å². The number of rotatable bonds is 8. The molecule has 0 bridgehead atoms. The van der Waals surface area contributed by atoms with Crippen LogP contribution < -0.4 is 4.63 Å². The highest BCUT2D eigenvalue weighted by Crippen LogP contribution is 2.41. The second kappa shape index (κ2) is 11.5. The minimum absolute atomic E-state index is 0.0861. The van der Waals surface area contributed by atoms with E-state index in [-0.39, 0.29) is 28.3 Å². The number of nitrogens with zero attached hydrogens (tertiary/aromatic N) is 2. The molecule has 1 aliphatic heterocycles. The maximum absolute atomic E-state index is 13.7. The summed E-state index contributed by atoms with van der Waals surface area (Å²) in [6, 6.07) is -0.232. The molecular formula is C30H58N2O4SSi2. The van der Waals surface area contributed by atoms with Crippen molar-refractivity contribution in [2.24, 2.45) is 0 Å². The lowest BCUT2D eigenvalue weighted by molar-refractivity contribution is -0.0855. The zero-order valence-electron chi connectivity index (χ0n) is 27.9. The fourth-order valence-corrected chi connectivity index (χ4v) is 9.68. The molecule has 2 heterocycles. The first kappa shape index (κ1) is 34.5. The van der Waals surface area contributed by atoms with Crippen molar-refractivity contribution in [1.29, 1.82) is 0 Å². The van der Waals surface area contributed by atoms with Crippen LogP contribution in [-0.4, -0.2) is 62.4 Å². The Morgan fingerprint density at radius 1 is 1.03 bits per heavy atom. The molecule has 0 N–H and O–H groups in total. The van der Waals surface area contributed by atoms with Gasteiger partial charge in [-0.1, -0.05) is 68.0 Å². The molecule has 39 heavy (non-hydrogen) atoms. The molecule has 1 aliphatic rings. The van der Waals surface area contributed by atoms with E-state index in [0.717, 1.165) is 18.5 Å². The second-order valence-corrected chi connectivity index (χ2v) is 27.3. The van der Waals surface area contributed by atoms with Gasteiger partial charge in [0.1, 0.15) is 25.5 Å². The standard InChI is InChI=1S/C30H58N2O4SSi2/c1-17-18-24-21(31-25(37-24)38(13,14)28(5,6)7)19-22-23(20-34-39(15,16)29(8,9)10)35-30(11,12)32(22)26(33)36-27(2,3)4/h22-23H,17-20H2,1-16H3/t22-,23+/m0/s1. The predicted molar refractivity (Wildman–Crippen MR) is 171 cm³/mol. The number of aromatic nitrogens is 1. The highest BCUT2D eigenvalue weighted by atomic mass is 32.1. The number of carbonyl (C=O) groups excluding carboxylic acids is 1. The van der Waals surface area contributed by atoms with Gasteiger partial charge in [0.2, 0.25) is 0 Å². The molecule has 2 atom stereocenters. The van der Waals surface area contributed by atoms with Crippen LogP contribution in [0.5, 0.6) is 0 Å². The normalized spacial score (nSPS) is 21.0. The maximum atomic E-state index is 13.7. The summed E-state index contributed by atoms with van der Waals surface area (Å²) in [7, 11) is -3.82. The Morgan fingerprint density at radius 2 is 1.59 bits per heavy atom. The van der Waals surface area contributed by atoms with Gasteiger partial charge in [0.05, 0.1) is 23.0 Å². The Hall–Kier alpha value is -0.746. The maximum Gasteiger partial charge on any atom is 0.412 e. The van der Waals surface area contributed by atoms with Gasteiger partial charge in [-0.3, -0.25) is 9.88 Å². The highest BCUT2D eigenvalue weighted by Gasteiger charge is 2.52. The van der Waals surface area contributed by atoms with Gasteiger partial charge in [-0.05, 0) is 64.2 Å². The van der Waals surface area contributed by atoms with Crippen LogP contribution in [-0.2, 0) is 26.7 Å². The van der Waals surface area contributed by atoms with Crippen LogP contribution in [0.2, 0.25) is 36.3 Å². The summed E-state index contributed by atoms with van der Waals surface area (Å²) in [6.07, 6.45) is 2.08. The Balaban J connectivity index is 2.56. The molecule has 2 rings (SSSR count). The van der Waals surface area contributed by atoms with Gasteiger partial charge in [-0.15, -0.1) is 11.3 Å².